The lowest BCUT2D eigenvalue weighted by Gasteiger charge is -2.41. The fourth-order valence-corrected chi connectivity index (χ4v) is 4.85. The van der Waals surface area contributed by atoms with Gasteiger partial charge in [0.05, 0.1) is 27.4 Å². The van der Waals surface area contributed by atoms with Crippen LogP contribution in [-0.2, 0) is 24.1 Å². The predicted molar refractivity (Wildman–Crippen MR) is 147 cm³/mol. The number of nitrogens with zero attached hydrogens (tertiary/aromatic N) is 2. The van der Waals surface area contributed by atoms with E-state index in [0.717, 1.165) is 37.8 Å². The second-order valence-electron chi connectivity index (χ2n) is 8.90. The van der Waals surface area contributed by atoms with Crippen molar-refractivity contribution in [3.05, 3.63) is 77.6 Å². The molecule has 0 aromatic heterocycles. The van der Waals surface area contributed by atoms with Crippen molar-refractivity contribution >= 4 is 6.09 Å². The smallest absolute Gasteiger partial charge is 0.415 e. The topological polar surface area (TPSA) is 60.5 Å². The molecule has 2 aromatic rings. The molecular formula is C30H39FN2O5. The lowest BCUT2D eigenvalue weighted by Crippen LogP contribution is -2.42. The molecule has 1 fully saturated rings. The lowest BCUT2D eigenvalue weighted by atomic mass is 9.84. The quantitative estimate of drug-likeness (QED) is 0.465. The van der Waals surface area contributed by atoms with Gasteiger partial charge in [-0.05, 0) is 65.4 Å². The Labute approximate surface area is 225 Å². The first-order valence-electron chi connectivity index (χ1n) is 13.1. The Balaban J connectivity index is 0.000000515. The summed E-state index contributed by atoms with van der Waals surface area (Å²) in [5.74, 6) is 1.51. The molecule has 1 unspecified atom stereocenters. The number of hydrogen-bond acceptors (Lipinski definition) is 6. The number of methoxy groups -OCH3 is 2. The summed E-state index contributed by atoms with van der Waals surface area (Å²) in [7, 11) is 3.32. The molecule has 7 nitrogen and oxygen atoms in total. The van der Waals surface area contributed by atoms with Gasteiger partial charge in [-0.3, -0.25) is 4.90 Å². The van der Waals surface area contributed by atoms with E-state index in [9.17, 15) is 9.18 Å². The van der Waals surface area contributed by atoms with Crippen molar-refractivity contribution in [2.24, 2.45) is 0 Å². The first kappa shape index (κ1) is 29.2. The van der Waals surface area contributed by atoms with Crippen LogP contribution in [0.15, 0.2) is 55.4 Å². The number of amides is 1. The number of allylic oxidation sites excluding steroid dienone is 2. The highest BCUT2D eigenvalue weighted by Gasteiger charge is 2.33. The minimum absolute atomic E-state index is 0.318. The van der Waals surface area contributed by atoms with Gasteiger partial charge in [-0.15, -0.1) is 0 Å². The zero-order valence-electron chi connectivity index (χ0n) is 22.9. The number of hydrogen-bond donors (Lipinski definition) is 0. The first-order valence-corrected chi connectivity index (χ1v) is 13.1. The number of ether oxygens (including phenoxy) is 4. The van der Waals surface area contributed by atoms with Gasteiger partial charge in [-0.25, -0.2) is 9.18 Å². The second kappa shape index (κ2) is 14.0. The predicted octanol–water partition coefficient (Wildman–Crippen LogP) is 5.87. The second-order valence-corrected chi connectivity index (χ2v) is 8.90. The van der Waals surface area contributed by atoms with Crippen molar-refractivity contribution in [2.75, 3.05) is 47.1 Å². The SMILES string of the molecule is C=CC(=C)F.CC.COc1ccc2c(c1)CCN1Cc3cc(OC)c(OC(=O)N4CCOCC4)cc3CC21. The molecule has 1 saturated heterocycles. The van der Waals surface area contributed by atoms with Crippen molar-refractivity contribution < 1.29 is 28.1 Å². The maximum Gasteiger partial charge on any atom is 0.415 e. The zero-order chi connectivity index (χ0) is 27.7. The number of carbonyl (C=O) groups is 1. The van der Waals surface area contributed by atoms with Crippen LogP contribution in [0.25, 0.3) is 0 Å². The molecule has 3 aliphatic heterocycles. The van der Waals surface area contributed by atoms with Crippen LogP contribution in [0.4, 0.5) is 9.18 Å². The van der Waals surface area contributed by atoms with E-state index < -0.39 is 5.83 Å². The van der Waals surface area contributed by atoms with Crippen molar-refractivity contribution in [2.45, 2.75) is 39.3 Å². The molecule has 0 bridgehead atoms. The largest absolute Gasteiger partial charge is 0.497 e. The van der Waals surface area contributed by atoms with E-state index in [0.29, 0.717) is 43.8 Å². The van der Waals surface area contributed by atoms with E-state index >= 15 is 0 Å². The van der Waals surface area contributed by atoms with E-state index in [4.69, 9.17) is 18.9 Å². The normalized spacial score (nSPS) is 17.6. The Hall–Kier alpha value is -3.36. The van der Waals surface area contributed by atoms with Crippen molar-refractivity contribution in [1.82, 2.24) is 9.80 Å². The van der Waals surface area contributed by atoms with Gasteiger partial charge in [-0.2, -0.15) is 0 Å². The summed E-state index contributed by atoms with van der Waals surface area (Å²) >= 11 is 0. The summed E-state index contributed by atoms with van der Waals surface area (Å²) in [5.41, 5.74) is 5.16. The Morgan fingerprint density at radius 2 is 1.71 bits per heavy atom. The molecule has 3 aliphatic rings. The maximum atomic E-state index is 12.6. The standard InChI is InChI=1S/C24H28N2O5.C4H5F.C2H6/c1-28-19-3-4-20-16(11-19)5-6-26-15-18-14-22(29-2)23(13-17(18)12-21(20)26)31-24(27)25-7-9-30-10-8-25;1-3-4(2)5;1-2/h3-4,11,13-14,21H,5-10,12,15H2,1-2H3;3H,1-2H2;1-2H3. The molecule has 1 atom stereocenters. The van der Waals surface area contributed by atoms with Crippen LogP contribution in [0.2, 0.25) is 0 Å². The summed E-state index contributed by atoms with van der Waals surface area (Å²) in [5, 5.41) is 0. The van der Waals surface area contributed by atoms with Crippen LogP contribution in [0.3, 0.4) is 0 Å². The highest BCUT2D eigenvalue weighted by atomic mass is 19.1. The van der Waals surface area contributed by atoms with E-state index in [1.54, 1.807) is 19.1 Å². The van der Waals surface area contributed by atoms with Gasteiger partial charge >= 0.3 is 6.09 Å². The number of fused-ring (bicyclic) bond motifs is 4. The number of halogens is 1. The summed E-state index contributed by atoms with van der Waals surface area (Å²) in [4.78, 5) is 16.8. The third-order valence-electron chi connectivity index (χ3n) is 6.78. The molecule has 0 radical (unpaired) electrons. The van der Waals surface area contributed by atoms with Crippen LogP contribution in [0, 0.1) is 0 Å². The Kier molecular flexibility index (Phi) is 10.7. The van der Waals surface area contributed by atoms with Crippen LogP contribution in [0.1, 0.15) is 42.1 Å². The van der Waals surface area contributed by atoms with Gasteiger partial charge in [0.15, 0.2) is 11.5 Å². The molecule has 3 heterocycles. The number of carbonyl (C=O) groups excluding carboxylic acids is 1. The summed E-state index contributed by atoms with van der Waals surface area (Å²) in [6.07, 6.45) is 2.60. The summed E-state index contributed by atoms with van der Waals surface area (Å²) < 4.78 is 33.2. The van der Waals surface area contributed by atoms with E-state index in [1.165, 1.54) is 22.3 Å². The highest BCUT2D eigenvalue weighted by Crippen LogP contribution is 2.42. The number of rotatable bonds is 4. The van der Waals surface area contributed by atoms with Gasteiger partial charge in [0.25, 0.3) is 0 Å². The van der Waals surface area contributed by atoms with Gasteiger partial charge in [0.2, 0.25) is 0 Å². The zero-order valence-corrected chi connectivity index (χ0v) is 22.9. The van der Waals surface area contributed by atoms with Crippen LogP contribution in [-0.4, -0.2) is 63.0 Å². The number of morpholine rings is 1. The molecule has 0 aliphatic carbocycles. The minimum atomic E-state index is -0.481. The average molecular weight is 527 g/mol. The maximum absolute atomic E-state index is 12.6. The van der Waals surface area contributed by atoms with Crippen molar-refractivity contribution in [3.63, 3.8) is 0 Å². The molecule has 1 amide bonds. The molecule has 8 heteroatoms. The Morgan fingerprint density at radius 3 is 2.34 bits per heavy atom. The molecule has 2 aromatic carbocycles. The van der Waals surface area contributed by atoms with Crippen LogP contribution >= 0.6 is 0 Å². The Bertz CT molecular complexity index is 1130. The fraction of sp³-hybridized carbons (Fsp3) is 0.433. The summed E-state index contributed by atoms with van der Waals surface area (Å²) in [6, 6.07) is 10.7. The van der Waals surface area contributed by atoms with Crippen LogP contribution in [0.5, 0.6) is 17.2 Å². The van der Waals surface area contributed by atoms with Crippen molar-refractivity contribution in [1.29, 1.82) is 0 Å². The monoisotopic (exact) mass is 526 g/mol. The first-order chi connectivity index (χ1) is 18.4. The molecular weight excluding hydrogens is 487 g/mol. The average Bonchev–Trinajstić information content (AvgIpc) is 2.97. The van der Waals surface area contributed by atoms with Crippen LogP contribution < -0.4 is 14.2 Å². The van der Waals surface area contributed by atoms with Gasteiger partial charge in [0, 0.05) is 32.2 Å². The summed E-state index contributed by atoms with van der Waals surface area (Å²) in [6.45, 7) is 14.0. The number of benzene rings is 2. The van der Waals surface area contributed by atoms with Gasteiger partial charge in [-0.1, -0.05) is 33.1 Å². The third kappa shape index (κ3) is 6.94. The van der Waals surface area contributed by atoms with E-state index in [2.05, 4.69) is 30.2 Å². The van der Waals surface area contributed by atoms with E-state index in [-0.39, 0.29) is 6.09 Å². The van der Waals surface area contributed by atoms with Gasteiger partial charge in [0.1, 0.15) is 11.6 Å². The van der Waals surface area contributed by atoms with Crippen molar-refractivity contribution in [3.8, 4) is 17.2 Å². The third-order valence-corrected chi connectivity index (χ3v) is 6.78. The molecule has 0 saturated carbocycles. The molecule has 38 heavy (non-hydrogen) atoms. The molecule has 206 valence electrons. The molecule has 5 rings (SSSR count). The molecule has 0 spiro atoms. The van der Waals surface area contributed by atoms with Gasteiger partial charge < -0.3 is 23.8 Å². The molecule has 0 N–H and O–H groups in total. The fourth-order valence-electron chi connectivity index (χ4n) is 4.85. The minimum Gasteiger partial charge on any atom is -0.497 e. The van der Waals surface area contributed by atoms with E-state index in [1.807, 2.05) is 32.0 Å². The Morgan fingerprint density at radius 1 is 1.03 bits per heavy atom. The lowest BCUT2D eigenvalue weighted by molar-refractivity contribution is 0.0413. The highest BCUT2D eigenvalue weighted by molar-refractivity contribution is 5.72.